The Morgan fingerprint density at radius 1 is 1.00 bits per heavy atom. The quantitative estimate of drug-likeness (QED) is 0.524. The van der Waals surface area contributed by atoms with Crippen molar-refractivity contribution in [3.63, 3.8) is 0 Å². The second-order valence-electron chi connectivity index (χ2n) is 7.00. The molecular formula is C21H23Cl3N4O. The average molecular weight is 454 g/mol. The Kier molecular flexibility index (Phi) is 7.92. The Bertz CT molecular complexity index is 895. The first-order chi connectivity index (χ1) is 13.9. The molecule has 2 aromatic carbocycles. The molecule has 1 fully saturated rings. The van der Waals surface area contributed by atoms with Crippen molar-refractivity contribution < 1.29 is 4.79 Å². The lowest BCUT2D eigenvalue weighted by Gasteiger charge is -2.34. The Morgan fingerprint density at radius 2 is 1.69 bits per heavy atom. The van der Waals surface area contributed by atoms with Crippen LogP contribution in [0, 0.1) is 0 Å². The number of nitrogens with zero attached hydrogens (tertiary/aromatic N) is 3. The number of nitrogens with one attached hydrogen (secondary N) is 1. The maximum Gasteiger partial charge on any atom is 0.254 e. The second-order valence-corrected chi connectivity index (χ2v) is 8.25. The summed E-state index contributed by atoms with van der Waals surface area (Å²) < 4.78 is 0. The molecule has 3 rings (SSSR count). The maximum absolute atomic E-state index is 12.3. The molecule has 154 valence electrons. The molecule has 1 heterocycles. The molecule has 1 saturated heterocycles. The van der Waals surface area contributed by atoms with Gasteiger partial charge in [-0.05, 0) is 30.7 Å². The first-order valence-electron chi connectivity index (χ1n) is 9.39. The zero-order valence-electron chi connectivity index (χ0n) is 16.2. The lowest BCUT2D eigenvalue weighted by Crippen LogP contribution is -2.48. The van der Waals surface area contributed by atoms with E-state index in [-0.39, 0.29) is 5.91 Å². The second kappa shape index (κ2) is 10.4. The summed E-state index contributed by atoms with van der Waals surface area (Å²) in [5.41, 5.74) is 5.11. The van der Waals surface area contributed by atoms with Crippen molar-refractivity contribution in [2.45, 2.75) is 13.5 Å². The maximum atomic E-state index is 12.3. The van der Waals surface area contributed by atoms with Crippen molar-refractivity contribution >= 4 is 46.4 Å². The number of hydrazone groups is 1. The van der Waals surface area contributed by atoms with Gasteiger partial charge in [0.15, 0.2) is 0 Å². The predicted molar refractivity (Wildman–Crippen MR) is 120 cm³/mol. The van der Waals surface area contributed by atoms with E-state index in [4.69, 9.17) is 34.8 Å². The highest BCUT2D eigenvalue weighted by atomic mass is 35.5. The fourth-order valence-corrected chi connectivity index (χ4v) is 3.94. The van der Waals surface area contributed by atoms with E-state index in [1.807, 2.05) is 18.2 Å². The van der Waals surface area contributed by atoms with Gasteiger partial charge in [-0.3, -0.25) is 14.6 Å². The van der Waals surface area contributed by atoms with Crippen molar-refractivity contribution in [1.82, 2.24) is 15.2 Å². The third-order valence-electron chi connectivity index (χ3n) is 4.85. The zero-order valence-corrected chi connectivity index (χ0v) is 18.4. The molecule has 1 aliphatic heterocycles. The van der Waals surface area contributed by atoms with Gasteiger partial charge in [0.25, 0.3) is 5.91 Å². The fourth-order valence-electron chi connectivity index (χ4n) is 3.20. The lowest BCUT2D eigenvalue weighted by molar-refractivity contribution is -0.122. The monoisotopic (exact) mass is 452 g/mol. The molecule has 0 saturated carbocycles. The molecule has 0 aliphatic carbocycles. The molecule has 0 unspecified atom stereocenters. The van der Waals surface area contributed by atoms with E-state index in [9.17, 15) is 4.79 Å². The number of hydrogen-bond acceptors (Lipinski definition) is 4. The highest BCUT2D eigenvalue weighted by Gasteiger charge is 2.19. The fraction of sp³-hybridized carbons (Fsp3) is 0.333. The van der Waals surface area contributed by atoms with Crippen LogP contribution in [-0.4, -0.2) is 54.1 Å². The van der Waals surface area contributed by atoms with E-state index >= 15 is 0 Å². The van der Waals surface area contributed by atoms with Gasteiger partial charge in [0.2, 0.25) is 0 Å². The Morgan fingerprint density at radius 3 is 2.38 bits per heavy atom. The summed E-state index contributed by atoms with van der Waals surface area (Å²) in [6.45, 7) is 6.36. The van der Waals surface area contributed by atoms with Crippen LogP contribution in [0.1, 0.15) is 18.1 Å². The number of piperazine rings is 1. The number of benzene rings is 2. The largest absolute Gasteiger partial charge is 0.296 e. The lowest BCUT2D eigenvalue weighted by atomic mass is 10.1. The number of hydrogen-bond donors (Lipinski definition) is 1. The number of carbonyl (C=O) groups excluding carboxylic acids is 1. The van der Waals surface area contributed by atoms with E-state index in [0.717, 1.165) is 48.9 Å². The smallest absolute Gasteiger partial charge is 0.254 e. The number of amides is 1. The molecular weight excluding hydrogens is 431 g/mol. The van der Waals surface area contributed by atoms with E-state index in [1.54, 1.807) is 25.1 Å². The van der Waals surface area contributed by atoms with Gasteiger partial charge in [-0.15, -0.1) is 0 Å². The molecule has 1 aliphatic rings. The van der Waals surface area contributed by atoms with Gasteiger partial charge in [-0.2, -0.15) is 5.10 Å². The van der Waals surface area contributed by atoms with E-state index in [2.05, 4.69) is 26.4 Å². The van der Waals surface area contributed by atoms with Crippen LogP contribution in [0.15, 0.2) is 47.6 Å². The highest BCUT2D eigenvalue weighted by Crippen LogP contribution is 2.21. The van der Waals surface area contributed by atoms with Gasteiger partial charge in [0, 0.05) is 48.3 Å². The van der Waals surface area contributed by atoms with Crippen LogP contribution < -0.4 is 5.43 Å². The Balaban J connectivity index is 1.45. The molecule has 8 heteroatoms. The van der Waals surface area contributed by atoms with Crippen molar-refractivity contribution in [3.05, 3.63) is 68.7 Å². The van der Waals surface area contributed by atoms with Crippen LogP contribution >= 0.6 is 34.8 Å². The van der Waals surface area contributed by atoms with Crippen molar-refractivity contribution in [1.29, 1.82) is 0 Å². The summed E-state index contributed by atoms with van der Waals surface area (Å²) in [5.74, 6) is -0.144. The minimum Gasteiger partial charge on any atom is -0.296 e. The summed E-state index contributed by atoms with van der Waals surface area (Å²) in [7, 11) is 0. The van der Waals surface area contributed by atoms with Crippen LogP contribution in [0.25, 0.3) is 0 Å². The number of rotatable bonds is 6. The molecule has 2 aromatic rings. The van der Waals surface area contributed by atoms with E-state index in [1.165, 1.54) is 0 Å². The molecule has 0 aromatic heterocycles. The zero-order chi connectivity index (χ0) is 20.8. The average Bonchev–Trinajstić information content (AvgIpc) is 2.69. The number of carbonyl (C=O) groups is 1. The van der Waals surface area contributed by atoms with Crippen molar-refractivity contribution in [2.75, 3.05) is 32.7 Å². The van der Waals surface area contributed by atoms with Gasteiger partial charge in [-0.25, -0.2) is 5.43 Å². The minimum absolute atomic E-state index is 0.144. The topological polar surface area (TPSA) is 47.9 Å². The molecule has 0 atom stereocenters. The predicted octanol–water partition coefficient (Wildman–Crippen LogP) is 4.30. The highest BCUT2D eigenvalue weighted by molar-refractivity contribution is 6.37. The summed E-state index contributed by atoms with van der Waals surface area (Å²) in [6, 6.07) is 13.1. The van der Waals surface area contributed by atoms with E-state index in [0.29, 0.717) is 22.3 Å². The summed E-state index contributed by atoms with van der Waals surface area (Å²) in [6.07, 6.45) is 0. The first-order valence-corrected chi connectivity index (χ1v) is 10.5. The first kappa shape index (κ1) is 22.1. The third-order valence-corrected chi connectivity index (χ3v) is 5.77. The van der Waals surface area contributed by atoms with Gasteiger partial charge >= 0.3 is 0 Å². The van der Waals surface area contributed by atoms with Gasteiger partial charge in [0.05, 0.1) is 17.3 Å². The molecule has 0 spiro atoms. The summed E-state index contributed by atoms with van der Waals surface area (Å²) >= 11 is 18.3. The molecule has 29 heavy (non-hydrogen) atoms. The van der Waals surface area contributed by atoms with Crippen LogP contribution in [-0.2, 0) is 11.3 Å². The van der Waals surface area contributed by atoms with Crippen LogP contribution in [0.4, 0.5) is 0 Å². The standard InChI is InChI=1S/C21H23Cl3N4O/c1-15(18-7-6-17(22)12-20(18)24)25-26-21(29)14-28-10-8-27(9-11-28)13-16-4-2-3-5-19(16)23/h2-7,12H,8-11,13-14H2,1H3,(H,26,29). The summed E-state index contributed by atoms with van der Waals surface area (Å²) in [5, 5.41) is 6.03. The molecule has 5 nitrogen and oxygen atoms in total. The number of halogens is 3. The normalized spacial score (nSPS) is 16.1. The molecule has 1 amide bonds. The molecule has 1 N–H and O–H groups in total. The van der Waals surface area contributed by atoms with E-state index < -0.39 is 0 Å². The van der Waals surface area contributed by atoms with Crippen LogP contribution in [0.5, 0.6) is 0 Å². The van der Waals surface area contributed by atoms with Crippen molar-refractivity contribution in [2.24, 2.45) is 5.10 Å². The molecule has 0 radical (unpaired) electrons. The minimum atomic E-state index is -0.144. The molecule has 0 bridgehead atoms. The third kappa shape index (κ3) is 6.43. The van der Waals surface area contributed by atoms with Crippen molar-refractivity contribution in [3.8, 4) is 0 Å². The Labute approximate surface area is 186 Å². The van der Waals surface area contributed by atoms with Gasteiger partial charge in [0.1, 0.15) is 0 Å². The van der Waals surface area contributed by atoms with Crippen LogP contribution in [0.2, 0.25) is 15.1 Å². The van der Waals surface area contributed by atoms with Crippen LogP contribution in [0.3, 0.4) is 0 Å². The van der Waals surface area contributed by atoms with Gasteiger partial charge < -0.3 is 0 Å². The SMILES string of the molecule is CC(=NNC(=O)CN1CCN(Cc2ccccc2Cl)CC1)c1ccc(Cl)cc1Cl. The summed E-state index contributed by atoms with van der Waals surface area (Å²) in [4.78, 5) is 16.7. The Hall–Kier alpha value is -1.63. The van der Waals surface area contributed by atoms with Gasteiger partial charge in [-0.1, -0.05) is 59.1 Å².